The first-order valence-corrected chi connectivity index (χ1v) is 10.9. The van der Waals surface area contributed by atoms with E-state index in [1.165, 1.54) is 6.92 Å². The second-order valence-corrected chi connectivity index (χ2v) is 9.11. The van der Waals surface area contributed by atoms with Crippen LogP contribution in [0.5, 0.6) is 0 Å². The molecule has 0 spiro atoms. The lowest BCUT2D eigenvalue weighted by Crippen LogP contribution is -2.44. The minimum atomic E-state index is -0.169. The van der Waals surface area contributed by atoms with Crippen molar-refractivity contribution >= 4 is 33.1 Å². The normalized spacial score (nSPS) is 19.9. The average Bonchev–Trinajstić information content (AvgIpc) is 3.07. The summed E-state index contributed by atoms with van der Waals surface area (Å²) in [7, 11) is 1.77. The summed E-state index contributed by atoms with van der Waals surface area (Å²) in [6.07, 6.45) is 3.94. The maximum absolute atomic E-state index is 12.8. The van der Waals surface area contributed by atoms with Gasteiger partial charge in [0.05, 0.1) is 17.6 Å². The first-order valence-electron chi connectivity index (χ1n) is 10.0. The highest BCUT2D eigenvalue weighted by atomic mass is 32.1. The van der Waals surface area contributed by atoms with E-state index < -0.39 is 0 Å². The van der Waals surface area contributed by atoms with Gasteiger partial charge in [-0.25, -0.2) is 4.98 Å². The molecule has 0 aliphatic carbocycles. The predicted octanol–water partition coefficient (Wildman–Crippen LogP) is 3.23. The number of amides is 1. The maximum atomic E-state index is 12.8. The van der Waals surface area contributed by atoms with E-state index in [2.05, 4.69) is 29.0 Å². The number of aromatic nitrogens is 2. The lowest BCUT2D eigenvalue weighted by Gasteiger charge is -2.34. The van der Waals surface area contributed by atoms with Crippen molar-refractivity contribution in [1.29, 1.82) is 0 Å². The highest BCUT2D eigenvalue weighted by Gasteiger charge is 2.23. The number of thiophene rings is 1. The van der Waals surface area contributed by atoms with E-state index >= 15 is 0 Å². The lowest BCUT2D eigenvalue weighted by atomic mass is 10.1. The summed E-state index contributed by atoms with van der Waals surface area (Å²) >= 11 is 1.65. The topological polar surface area (TPSA) is 76.5 Å². The average molecular weight is 427 g/mol. The van der Waals surface area contributed by atoms with Gasteiger partial charge in [0.1, 0.15) is 5.82 Å². The summed E-state index contributed by atoms with van der Waals surface area (Å²) in [6.45, 7) is 8.21. The molecule has 0 saturated carbocycles. The SMILES string of the molecule is CC(=O)Nc1cc(-c2cn(C)c(=O)c3cc(CN4C[C@@H](C)O[C@@H](C)C4)sc23)ccn1. The molecule has 0 unspecified atom stereocenters. The van der Waals surface area contributed by atoms with E-state index in [9.17, 15) is 9.59 Å². The molecule has 0 bridgehead atoms. The highest BCUT2D eigenvalue weighted by Crippen LogP contribution is 2.34. The number of carbonyl (C=O) groups is 1. The molecule has 8 heteroatoms. The van der Waals surface area contributed by atoms with E-state index in [-0.39, 0.29) is 23.7 Å². The molecule has 1 amide bonds. The third-order valence-corrected chi connectivity index (χ3v) is 6.30. The van der Waals surface area contributed by atoms with Gasteiger partial charge in [-0.3, -0.25) is 14.5 Å². The van der Waals surface area contributed by atoms with E-state index in [0.717, 1.165) is 45.7 Å². The van der Waals surface area contributed by atoms with Crippen LogP contribution in [0, 0.1) is 0 Å². The molecule has 1 fully saturated rings. The number of carbonyl (C=O) groups excluding carboxylic acids is 1. The van der Waals surface area contributed by atoms with Gasteiger partial charge in [-0.05, 0) is 37.6 Å². The number of hydrogen-bond donors (Lipinski definition) is 1. The second-order valence-electron chi connectivity index (χ2n) is 7.98. The fourth-order valence-electron chi connectivity index (χ4n) is 4.07. The first kappa shape index (κ1) is 20.7. The Hall–Kier alpha value is -2.55. The number of fused-ring (bicyclic) bond motifs is 1. The van der Waals surface area contributed by atoms with Gasteiger partial charge < -0.3 is 14.6 Å². The number of hydrogen-bond acceptors (Lipinski definition) is 6. The molecule has 1 saturated heterocycles. The van der Waals surface area contributed by atoms with Crippen LogP contribution >= 0.6 is 11.3 Å². The summed E-state index contributed by atoms with van der Waals surface area (Å²) < 4.78 is 8.41. The van der Waals surface area contributed by atoms with Crippen molar-refractivity contribution in [2.75, 3.05) is 18.4 Å². The van der Waals surface area contributed by atoms with Crippen LogP contribution in [0.4, 0.5) is 5.82 Å². The van der Waals surface area contributed by atoms with Crippen LogP contribution in [0.2, 0.25) is 0 Å². The van der Waals surface area contributed by atoms with Crippen molar-refractivity contribution in [3.05, 3.63) is 45.8 Å². The molecule has 0 aromatic carbocycles. The number of rotatable bonds is 4. The maximum Gasteiger partial charge on any atom is 0.259 e. The molecule has 4 heterocycles. The Labute approximate surface area is 179 Å². The van der Waals surface area contributed by atoms with Crippen molar-refractivity contribution in [3.63, 3.8) is 0 Å². The minimum absolute atomic E-state index is 0.00361. The van der Waals surface area contributed by atoms with E-state index in [4.69, 9.17) is 4.74 Å². The van der Waals surface area contributed by atoms with Gasteiger partial charge in [0.2, 0.25) is 5.91 Å². The Kier molecular flexibility index (Phi) is 5.73. The molecule has 3 aromatic heterocycles. The molecular weight excluding hydrogens is 400 g/mol. The van der Waals surface area contributed by atoms with Gasteiger partial charge in [-0.15, -0.1) is 11.3 Å². The molecule has 7 nitrogen and oxygen atoms in total. The zero-order valence-corrected chi connectivity index (χ0v) is 18.5. The summed E-state index contributed by atoms with van der Waals surface area (Å²) in [6, 6.07) is 5.76. The van der Waals surface area contributed by atoms with Crippen LogP contribution in [0.3, 0.4) is 0 Å². The van der Waals surface area contributed by atoms with Gasteiger partial charge in [0.15, 0.2) is 0 Å². The van der Waals surface area contributed by atoms with Crippen molar-refractivity contribution < 1.29 is 9.53 Å². The number of pyridine rings is 2. The summed E-state index contributed by atoms with van der Waals surface area (Å²) in [4.78, 5) is 32.0. The van der Waals surface area contributed by atoms with Crippen LogP contribution in [0.15, 0.2) is 35.4 Å². The van der Waals surface area contributed by atoms with Crippen LogP contribution in [-0.4, -0.2) is 45.7 Å². The number of anilines is 1. The zero-order chi connectivity index (χ0) is 21.4. The third-order valence-electron chi connectivity index (χ3n) is 5.15. The smallest absolute Gasteiger partial charge is 0.259 e. The van der Waals surface area contributed by atoms with E-state index in [1.807, 2.05) is 24.4 Å². The molecular formula is C22H26N4O3S. The van der Waals surface area contributed by atoms with Crippen LogP contribution in [-0.2, 0) is 23.1 Å². The number of nitrogens with one attached hydrogen (secondary N) is 1. The summed E-state index contributed by atoms with van der Waals surface area (Å²) in [5.74, 6) is 0.327. The molecule has 1 N–H and O–H groups in total. The van der Waals surface area contributed by atoms with Crippen molar-refractivity contribution in [2.45, 2.75) is 39.5 Å². The fourth-order valence-corrected chi connectivity index (χ4v) is 5.29. The Bertz CT molecular complexity index is 1140. The predicted molar refractivity (Wildman–Crippen MR) is 120 cm³/mol. The van der Waals surface area contributed by atoms with Crippen molar-refractivity contribution in [2.24, 2.45) is 7.05 Å². The van der Waals surface area contributed by atoms with Crippen molar-refractivity contribution in [1.82, 2.24) is 14.5 Å². The van der Waals surface area contributed by atoms with Gasteiger partial charge in [-0.2, -0.15) is 0 Å². The van der Waals surface area contributed by atoms with Gasteiger partial charge >= 0.3 is 0 Å². The largest absolute Gasteiger partial charge is 0.373 e. The third kappa shape index (κ3) is 4.30. The van der Waals surface area contributed by atoms with E-state index in [0.29, 0.717) is 5.82 Å². The fraction of sp³-hybridized carbons (Fsp3) is 0.409. The first-order chi connectivity index (χ1) is 14.3. The Morgan fingerprint density at radius 2 is 2.03 bits per heavy atom. The second kappa shape index (κ2) is 8.29. The zero-order valence-electron chi connectivity index (χ0n) is 17.6. The standard InChI is InChI=1S/C22H26N4O3S/c1-13-9-26(10-14(2)29-13)11-17-8-18-21(30-17)19(12-25(4)22(18)28)16-5-6-23-20(7-16)24-15(3)27/h5-8,12-14H,9-11H2,1-4H3,(H,23,24,27)/t13-,14+. The Morgan fingerprint density at radius 3 is 2.73 bits per heavy atom. The monoisotopic (exact) mass is 426 g/mol. The van der Waals surface area contributed by atoms with Crippen LogP contribution in [0.25, 0.3) is 21.2 Å². The van der Waals surface area contributed by atoms with Gasteiger partial charge in [0, 0.05) is 61.1 Å². The number of nitrogens with zero attached hydrogens (tertiary/aromatic N) is 3. The summed E-state index contributed by atoms with van der Waals surface area (Å²) in [5, 5.41) is 3.45. The van der Waals surface area contributed by atoms with Crippen LogP contribution < -0.4 is 10.9 Å². The Balaban J connectivity index is 1.74. The van der Waals surface area contributed by atoms with Gasteiger partial charge in [-0.1, -0.05) is 0 Å². The van der Waals surface area contributed by atoms with E-state index in [1.54, 1.807) is 29.1 Å². The number of aryl methyl sites for hydroxylation is 1. The molecule has 3 aromatic rings. The lowest BCUT2D eigenvalue weighted by molar-refractivity contribution is -0.114. The van der Waals surface area contributed by atoms with Crippen molar-refractivity contribution in [3.8, 4) is 11.1 Å². The summed E-state index contributed by atoms with van der Waals surface area (Å²) in [5.41, 5.74) is 1.87. The number of ether oxygens (including phenoxy) is 1. The molecule has 4 rings (SSSR count). The highest BCUT2D eigenvalue weighted by molar-refractivity contribution is 7.19. The molecule has 158 valence electrons. The van der Waals surface area contributed by atoms with Gasteiger partial charge in [0.25, 0.3) is 5.56 Å². The Morgan fingerprint density at radius 1 is 1.30 bits per heavy atom. The molecule has 2 atom stereocenters. The molecule has 1 aliphatic heterocycles. The van der Waals surface area contributed by atoms with Crippen LogP contribution in [0.1, 0.15) is 25.6 Å². The number of morpholine rings is 1. The molecule has 30 heavy (non-hydrogen) atoms. The molecule has 0 radical (unpaired) electrons. The molecule has 1 aliphatic rings. The quantitative estimate of drug-likeness (QED) is 0.693. The minimum Gasteiger partial charge on any atom is -0.373 e.